The average Bonchev–Trinajstić information content (AvgIpc) is 2.77. The molecule has 0 radical (unpaired) electrons. The zero-order chi connectivity index (χ0) is 13.1. The lowest BCUT2D eigenvalue weighted by atomic mass is 10.0. The van der Waals surface area contributed by atoms with E-state index in [0.29, 0.717) is 6.04 Å². The first-order valence-corrected chi connectivity index (χ1v) is 7.02. The van der Waals surface area contributed by atoms with Crippen LogP contribution in [0, 0.1) is 20.8 Å². The predicted octanol–water partition coefficient (Wildman–Crippen LogP) is 3.31. The summed E-state index contributed by atoms with van der Waals surface area (Å²) < 4.78 is 0. The van der Waals surface area contributed by atoms with E-state index < -0.39 is 0 Å². The summed E-state index contributed by atoms with van der Waals surface area (Å²) in [6, 6.07) is 2.44. The van der Waals surface area contributed by atoms with Gasteiger partial charge in [0.2, 0.25) is 0 Å². The second-order valence-electron chi connectivity index (χ2n) is 4.61. The van der Waals surface area contributed by atoms with Gasteiger partial charge in [0.15, 0.2) is 0 Å². The van der Waals surface area contributed by atoms with Crippen LogP contribution in [-0.2, 0) is 6.54 Å². The van der Waals surface area contributed by atoms with Gasteiger partial charge < -0.3 is 5.32 Å². The highest BCUT2D eigenvalue weighted by Crippen LogP contribution is 2.21. The van der Waals surface area contributed by atoms with Gasteiger partial charge in [-0.2, -0.15) is 0 Å². The number of aryl methyl sites for hydroxylation is 3. The van der Waals surface area contributed by atoms with Crippen molar-refractivity contribution in [3.8, 4) is 0 Å². The molecule has 2 heterocycles. The summed E-state index contributed by atoms with van der Waals surface area (Å²) in [6.45, 7) is 9.26. The van der Waals surface area contributed by atoms with Gasteiger partial charge in [0.25, 0.3) is 0 Å². The van der Waals surface area contributed by atoms with E-state index in [1.807, 2.05) is 18.5 Å². The van der Waals surface area contributed by atoms with Gasteiger partial charge in [-0.15, -0.1) is 11.3 Å². The maximum atomic E-state index is 4.55. The Hall–Kier alpha value is -1.26. The molecule has 0 amide bonds. The molecular weight excluding hydrogens is 242 g/mol. The molecule has 0 aliphatic heterocycles. The lowest BCUT2D eigenvalue weighted by molar-refractivity contribution is 0.565. The van der Waals surface area contributed by atoms with Crippen LogP contribution in [0.15, 0.2) is 17.6 Å². The number of nitrogens with one attached hydrogen (secondary N) is 1. The van der Waals surface area contributed by atoms with Crippen molar-refractivity contribution in [2.75, 3.05) is 0 Å². The van der Waals surface area contributed by atoms with Gasteiger partial charge in [0, 0.05) is 35.6 Å². The Kier molecular flexibility index (Phi) is 4.09. The average molecular weight is 261 g/mol. The summed E-state index contributed by atoms with van der Waals surface area (Å²) in [6.07, 6.45) is 1.84. The summed E-state index contributed by atoms with van der Waals surface area (Å²) >= 11 is 1.68. The smallest absolute Gasteiger partial charge is 0.106 e. The molecule has 0 bridgehead atoms. The van der Waals surface area contributed by atoms with E-state index >= 15 is 0 Å². The van der Waals surface area contributed by atoms with Gasteiger partial charge in [-0.3, -0.25) is 4.98 Å². The van der Waals surface area contributed by atoms with Crippen LogP contribution in [0.2, 0.25) is 0 Å². The Morgan fingerprint density at radius 3 is 2.72 bits per heavy atom. The lowest BCUT2D eigenvalue weighted by Crippen LogP contribution is -2.20. The fourth-order valence-electron chi connectivity index (χ4n) is 2.37. The molecular formula is C14H19N3S. The molecule has 2 aromatic rings. The molecule has 96 valence electrons. The SMILES string of the molecule is Cc1cc(C)c(C(C)NCc2nccs2)c(C)n1. The number of thiazole rings is 1. The van der Waals surface area contributed by atoms with Crippen molar-refractivity contribution in [2.24, 2.45) is 0 Å². The second kappa shape index (κ2) is 5.59. The zero-order valence-corrected chi connectivity index (χ0v) is 12.1. The molecule has 0 fully saturated rings. The first-order chi connectivity index (χ1) is 8.58. The van der Waals surface area contributed by atoms with Crippen LogP contribution in [0.3, 0.4) is 0 Å². The minimum atomic E-state index is 0.294. The highest BCUT2D eigenvalue weighted by atomic mass is 32.1. The van der Waals surface area contributed by atoms with Crippen LogP contribution in [0.1, 0.15) is 40.5 Å². The zero-order valence-electron chi connectivity index (χ0n) is 11.3. The van der Waals surface area contributed by atoms with Crippen LogP contribution in [-0.4, -0.2) is 9.97 Å². The van der Waals surface area contributed by atoms with Gasteiger partial charge in [0.1, 0.15) is 5.01 Å². The van der Waals surface area contributed by atoms with Crippen LogP contribution in [0.25, 0.3) is 0 Å². The van der Waals surface area contributed by atoms with Crippen molar-refractivity contribution in [1.82, 2.24) is 15.3 Å². The Morgan fingerprint density at radius 1 is 1.33 bits per heavy atom. The normalized spacial score (nSPS) is 12.7. The minimum Gasteiger partial charge on any atom is -0.304 e. The highest BCUT2D eigenvalue weighted by molar-refractivity contribution is 7.09. The van der Waals surface area contributed by atoms with Crippen LogP contribution < -0.4 is 5.32 Å². The second-order valence-corrected chi connectivity index (χ2v) is 5.59. The van der Waals surface area contributed by atoms with Crippen LogP contribution >= 0.6 is 11.3 Å². The molecule has 2 aromatic heterocycles. The molecule has 0 saturated carbocycles. The molecule has 0 aliphatic carbocycles. The van der Waals surface area contributed by atoms with Crippen molar-refractivity contribution >= 4 is 11.3 Å². The number of hydrogen-bond donors (Lipinski definition) is 1. The molecule has 0 saturated heterocycles. The van der Waals surface area contributed by atoms with Crippen molar-refractivity contribution in [3.63, 3.8) is 0 Å². The summed E-state index contributed by atoms with van der Waals surface area (Å²) in [4.78, 5) is 8.83. The molecule has 18 heavy (non-hydrogen) atoms. The van der Waals surface area contributed by atoms with E-state index in [1.54, 1.807) is 11.3 Å². The number of aromatic nitrogens is 2. The number of pyridine rings is 1. The summed E-state index contributed by atoms with van der Waals surface area (Å²) in [5.41, 5.74) is 4.81. The summed E-state index contributed by atoms with van der Waals surface area (Å²) in [5, 5.41) is 6.64. The van der Waals surface area contributed by atoms with Crippen LogP contribution in [0.4, 0.5) is 0 Å². The van der Waals surface area contributed by atoms with Crippen LogP contribution in [0.5, 0.6) is 0 Å². The van der Waals surface area contributed by atoms with Crippen molar-refractivity contribution in [3.05, 3.63) is 45.2 Å². The quantitative estimate of drug-likeness (QED) is 0.917. The molecule has 0 aromatic carbocycles. The highest BCUT2D eigenvalue weighted by Gasteiger charge is 2.12. The third-order valence-electron chi connectivity index (χ3n) is 3.06. The summed E-state index contributed by atoms with van der Waals surface area (Å²) in [5.74, 6) is 0. The van der Waals surface area contributed by atoms with Crippen molar-refractivity contribution < 1.29 is 0 Å². The van der Waals surface area contributed by atoms with E-state index in [0.717, 1.165) is 22.9 Å². The number of hydrogen-bond acceptors (Lipinski definition) is 4. The monoisotopic (exact) mass is 261 g/mol. The maximum Gasteiger partial charge on any atom is 0.106 e. The van der Waals surface area contributed by atoms with E-state index in [4.69, 9.17) is 0 Å². The Balaban J connectivity index is 2.11. The standard InChI is InChI=1S/C14H19N3S/c1-9-7-10(2)17-12(4)14(9)11(3)16-8-13-15-5-6-18-13/h5-7,11,16H,8H2,1-4H3. The van der Waals surface area contributed by atoms with Gasteiger partial charge >= 0.3 is 0 Å². The topological polar surface area (TPSA) is 37.8 Å². The first-order valence-electron chi connectivity index (χ1n) is 6.14. The lowest BCUT2D eigenvalue weighted by Gasteiger charge is -2.18. The molecule has 3 nitrogen and oxygen atoms in total. The Bertz CT molecular complexity index is 497. The van der Waals surface area contributed by atoms with Gasteiger partial charge in [-0.1, -0.05) is 0 Å². The number of nitrogens with zero attached hydrogens (tertiary/aromatic N) is 2. The fourth-order valence-corrected chi connectivity index (χ4v) is 2.94. The minimum absolute atomic E-state index is 0.294. The molecule has 2 rings (SSSR count). The van der Waals surface area contributed by atoms with Gasteiger partial charge in [-0.25, -0.2) is 4.98 Å². The number of rotatable bonds is 4. The molecule has 0 spiro atoms. The van der Waals surface area contributed by atoms with Gasteiger partial charge in [-0.05, 0) is 44.9 Å². The third-order valence-corrected chi connectivity index (χ3v) is 3.84. The molecule has 1 atom stereocenters. The van der Waals surface area contributed by atoms with Crippen molar-refractivity contribution in [2.45, 2.75) is 40.3 Å². The summed E-state index contributed by atoms with van der Waals surface area (Å²) in [7, 11) is 0. The van der Waals surface area contributed by atoms with E-state index in [2.05, 4.69) is 42.1 Å². The molecule has 0 aliphatic rings. The first kappa shape index (κ1) is 13.2. The van der Waals surface area contributed by atoms with E-state index in [-0.39, 0.29) is 0 Å². The largest absolute Gasteiger partial charge is 0.304 e. The molecule has 1 N–H and O–H groups in total. The maximum absolute atomic E-state index is 4.55. The third kappa shape index (κ3) is 2.94. The van der Waals surface area contributed by atoms with Gasteiger partial charge in [0.05, 0.1) is 0 Å². The van der Waals surface area contributed by atoms with E-state index in [9.17, 15) is 0 Å². The van der Waals surface area contributed by atoms with E-state index in [1.165, 1.54) is 11.1 Å². The molecule has 1 unspecified atom stereocenters. The molecule has 4 heteroatoms. The fraction of sp³-hybridized carbons (Fsp3) is 0.429. The van der Waals surface area contributed by atoms with Crippen molar-refractivity contribution in [1.29, 1.82) is 0 Å². The Morgan fingerprint density at radius 2 is 2.11 bits per heavy atom. The predicted molar refractivity (Wildman–Crippen MR) is 75.8 cm³/mol. The Labute approximate surface area is 112 Å².